The third-order valence-electron chi connectivity index (χ3n) is 4.56. The number of nitrogens with zero attached hydrogens (tertiary/aromatic N) is 2. The first kappa shape index (κ1) is 17.6. The van der Waals surface area contributed by atoms with Crippen LogP contribution in [0.15, 0.2) is 64.0 Å². The van der Waals surface area contributed by atoms with Crippen molar-refractivity contribution in [2.45, 2.75) is 17.9 Å². The van der Waals surface area contributed by atoms with Gasteiger partial charge in [-0.2, -0.15) is 4.31 Å². The van der Waals surface area contributed by atoms with Crippen LogP contribution in [0.3, 0.4) is 0 Å². The normalized spacial score (nSPS) is 18.4. The second-order valence-corrected chi connectivity index (χ2v) is 8.72. The Morgan fingerprint density at radius 2 is 1.50 bits per heavy atom. The van der Waals surface area contributed by atoms with Gasteiger partial charge in [-0.15, -0.1) is 0 Å². The van der Waals surface area contributed by atoms with E-state index < -0.39 is 10.0 Å². The fourth-order valence-electron chi connectivity index (χ4n) is 3.07. The van der Waals surface area contributed by atoms with Crippen molar-refractivity contribution in [3.63, 3.8) is 0 Å². The number of sulfonamides is 1. The predicted molar refractivity (Wildman–Crippen MR) is 99.3 cm³/mol. The smallest absolute Gasteiger partial charge is 0.244 e. The highest BCUT2D eigenvalue weighted by molar-refractivity contribution is 9.10. The van der Waals surface area contributed by atoms with E-state index in [2.05, 4.69) is 39.9 Å². The maximum absolute atomic E-state index is 12.8. The molecule has 0 radical (unpaired) electrons. The zero-order valence-corrected chi connectivity index (χ0v) is 16.0. The summed E-state index contributed by atoms with van der Waals surface area (Å²) in [5, 5.41) is 0. The summed E-state index contributed by atoms with van der Waals surface area (Å²) in [4.78, 5) is 2.68. The molecule has 0 spiro atoms. The van der Waals surface area contributed by atoms with E-state index in [1.807, 2.05) is 24.3 Å². The largest absolute Gasteiger partial charge is 0.294 e. The standard InChI is InChI=1S/C18H21BrN2O2S/c1-15(16-7-3-2-4-8-16)20-11-13-21(14-12-20)24(22,23)18-10-6-5-9-17(18)19/h2-10,15H,11-14H2,1H3/t15-/m1/s1. The molecule has 3 rings (SSSR count). The molecule has 128 valence electrons. The lowest BCUT2D eigenvalue weighted by Gasteiger charge is -2.37. The SMILES string of the molecule is C[C@H](c1ccccc1)N1CCN(S(=O)(=O)c2ccccc2Br)CC1. The number of rotatable bonds is 4. The summed E-state index contributed by atoms with van der Waals surface area (Å²) in [6, 6.07) is 17.6. The zero-order chi connectivity index (χ0) is 17.2. The number of halogens is 1. The molecule has 1 fully saturated rings. The fraction of sp³-hybridized carbons (Fsp3) is 0.333. The Morgan fingerprint density at radius 1 is 0.917 bits per heavy atom. The molecule has 1 aliphatic rings. The molecule has 1 atom stereocenters. The number of benzene rings is 2. The summed E-state index contributed by atoms with van der Waals surface area (Å²) >= 11 is 3.35. The molecule has 6 heteroatoms. The van der Waals surface area contributed by atoms with Crippen LogP contribution in [0.2, 0.25) is 0 Å². The summed E-state index contributed by atoms with van der Waals surface area (Å²) in [6.45, 7) is 4.68. The van der Waals surface area contributed by atoms with Crippen molar-refractivity contribution in [3.8, 4) is 0 Å². The summed E-state index contributed by atoms with van der Waals surface area (Å²) in [7, 11) is -3.45. The molecule has 2 aromatic rings. The van der Waals surface area contributed by atoms with Crippen LogP contribution >= 0.6 is 15.9 Å². The van der Waals surface area contributed by atoms with E-state index >= 15 is 0 Å². The molecule has 24 heavy (non-hydrogen) atoms. The van der Waals surface area contributed by atoms with Crippen molar-refractivity contribution in [1.29, 1.82) is 0 Å². The van der Waals surface area contributed by atoms with Crippen LogP contribution in [0.25, 0.3) is 0 Å². The van der Waals surface area contributed by atoms with Crippen LogP contribution < -0.4 is 0 Å². The van der Waals surface area contributed by atoms with Crippen molar-refractivity contribution in [1.82, 2.24) is 9.21 Å². The van der Waals surface area contributed by atoms with Crippen LogP contribution in [0, 0.1) is 0 Å². The van der Waals surface area contributed by atoms with E-state index in [9.17, 15) is 8.42 Å². The van der Waals surface area contributed by atoms with Crippen LogP contribution in [0.1, 0.15) is 18.5 Å². The first-order valence-corrected chi connectivity index (χ1v) is 10.3. The highest BCUT2D eigenvalue weighted by atomic mass is 79.9. The molecule has 0 N–H and O–H groups in total. The van der Waals surface area contributed by atoms with Crippen LogP contribution in [0.4, 0.5) is 0 Å². The highest BCUT2D eigenvalue weighted by Crippen LogP contribution is 2.27. The molecule has 1 aliphatic heterocycles. The molecule has 1 heterocycles. The van der Waals surface area contributed by atoms with Gasteiger partial charge >= 0.3 is 0 Å². The minimum Gasteiger partial charge on any atom is -0.294 e. The lowest BCUT2D eigenvalue weighted by molar-refractivity contribution is 0.146. The predicted octanol–water partition coefficient (Wildman–Crippen LogP) is 3.52. The van der Waals surface area contributed by atoms with E-state index in [1.165, 1.54) is 5.56 Å². The molecule has 0 aromatic heterocycles. The molecule has 2 aromatic carbocycles. The third kappa shape index (κ3) is 3.57. The second kappa shape index (κ2) is 7.35. The molecule has 0 amide bonds. The summed E-state index contributed by atoms with van der Waals surface area (Å²) in [6.07, 6.45) is 0. The van der Waals surface area contributed by atoms with Crippen molar-refractivity contribution >= 4 is 26.0 Å². The van der Waals surface area contributed by atoms with Crippen molar-refractivity contribution in [2.24, 2.45) is 0 Å². The molecule has 0 saturated carbocycles. The number of hydrogen-bond acceptors (Lipinski definition) is 3. The minimum absolute atomic E-state index is 0.291. The van der Waals surface area contributed by atoms with Gasteiger partial charge in [0.15, 0.2) is 0 Å². The summed E-state index contributed by atoms with van der Waals surface area (Å²) in [5.74, 6) is 0. The van der Waals surface area contributed by atoms with Crippen LogP contribution in [-0.2, 0) is 10.0 Å². The monoisotopic (exact) mass is 408 g/mol. The van der Waals surface area contributed by atoms with Crippen molar-refractivity contribution < 1.29 is 8.42 Å². The van der Waals surface area contributed by atoms with Gasteiger partial charge in [-0.05, 0) is 40.5 Å². The van der Waals surface area contributed by atoms with E-state index in [4.69, 9.17) is 0 Å². The zero-order valence-electron chi connectivity index (χ0n) is 13.6. The van der Waals surface area contributed by atoms with Crippen LogP contribution in [-0.4, -0.2) is 43.8 Å². The van der Waals surface area contributed by atoms with E-state index in [-0.39, 0.29) is 0 Å². The minimum atomic E-state index is -3.45. The topological polar surface area (TPSA) is 40.6 Å². The van der Waals surface area contributed by atoms with E-state index in [1.54, 1.807) is 22.5 Å². The van der Waals surface area contributed by atoms with Gasteiger partial charge in [-0.3, -0.25) is 4.90 Å². The Balaban J connectivity index is 1.70. The average Bonchev–Trinajstić information content (AvgIpc) is 2.62. The van der Waals surface area contributed by atoms with Gasteiger partial charge in [0.1, 0.15) is 0 Å². The highest BCUT2D eigenvalue weighted by Gasteiger charge is 2.31. The Kier molecular flexibility index (Phi) is 5.39. The van der Waals surface area contributed by atoms with E-state index in [0.29, 0.717) is 28.5 Å². The molecular formula is C18H21BrN2O2S. The molecular weight excluding hydrogens is 388 g/mol. The molecule has 0 unspecified atom stereocenters. The molecule has 4 nitrogen and oxygen atoms in total. The lowest BCUT2D eigenvalue weighted by atomic mass is 10.1. The van der Waals surface area contributed by atoms with Gasteiger partial charge in [0.2, 0.25) is 10.0 Å². The van der Waals surface area contributed by atoms with Crippen LogP contribution in [0.5, 0.6) is 0 Å². The lowest BCUT2D eigenvalue weighted by Crippen LogP contribution is -2.49. The maximum Gasteiger partial charge on any atom is 0.244 e. The van der Waals surface area contributed by atoms with Crippen molar-refractivity contribution in [3.05, 3.63) is 64.6 Å². The third-order valence-corrected chi connectivity index (χ3v) is 7.47. The Labute approximate surface area is 152 Å². The number of piperazine rings is 1. The van der Waals surface area contributed by atoms with Gasteiger partial charge in [-0.25, -0.2) is 8.42 Å². The van der Waals surface area contributed by atoms with Crippen molar-refractivity contribution in [2.75, 3.05) is 26.2 Å². The van der Waals surface area contributed by atoms with E-state index in [0.717, 1.165) is 13.1 Å². The van der Waals surface area contributed by atoms with Gasteiger partial charge in [-0.1, -0.05) is 42.5 Å². The number of hydrogen-bond donors (Lipinski definition) is 0. The first-order valence-electron chi connectivity index (χ1n) is 8.04. The van der Waals surface area contributed by atoms with Gasteiger partial charge in [0.25, 0.3) is 0 Å². The Hall–Kier alpha value is -1.21. The first-order chi connectivity index (χ1) is 11.5. The van der Waals surface area contributed by atoms with Gasteiger partial charge < -0.3 is 0 Å². The Morgan fingerprint density at radius 3 is 2.12 bits per heavy atom. The molecule has 0 aliphatic carbocycles. The van der Waals surface area contributed by atoms with Gasteiger partial charge in [0, 0.05) is 36.7 Å². The summed E-state index contributed by atoms with van der Waals surface area (Å²) < 4.78 is 27.9. The second-order valence-electron chi connectivity index (χ2n) is 5.96. The Bertz CT molecular complexity index is 788. The quantitative estimate of drug-likeness (QED) is 0.776. The molecule has 1 saturated heterocycles. The fourth-order valence-corrected chi connectivity index (χ4v) is 5.45. The average molecular weight is 409 g/mol. The maximum atomic E-state index is 12.8. The summed E-state index contributed by atoms with van der Waals surface area (Å²) in [5.41, 5.74) is 1.26. The molecule has 0 bridgehead atoms. The van der Waals surface area contributed by atoms with Gasteiger partial charge in [0.05, 0.1) is 4.90 Å².